The lowest BCUT2D eigenvalue weighted by atomic mass is 10.1. The van der Waals surface area contributed by atoms with Gasteiger partial charge in [0.1, 0.15) is 11.3 Å². The van der Waals surface area contributed by atoms with Gasteiger partial charge in [0.25, 0.3) is 0 Å². The second kappa shape index (κ2) is 10.4. The number of aryl methyl sites for hydroxylation is 1. The number of fused-ring (bicyclic) bond motifs is 1. The summed E-state index contributed by atoms with van der Waals surface area (Å²) in [5.41, 5.74) is 3.71. The Morgan fingerprint density at radius 2 is 1.82 bits per heavy atom. The molecule has 1 aromatic carbocycles. The Bertz CT molecular complexity index is 1560. The zero-order valence-corrected chi connectivity index (χ0v) is 23.4. The highest BCUT2D eigenvalue weighted by atomic mass is 32.2. The average molecular weight is 552 g/mol. The van der Waals surface area contributed by atoms with Gasteiger partial charge in [-0.3, -0.25) is 9.48 Å². The number of pyridine rings is 1. The number of sulfonamides is 1. The van der Waals surface area contributed by atoms with Crippen LogP contribution in [0.3, 0.4) is 0 Å². The molecule has 0 atom stereocenters. The van der Waals surface area contributed by atoms with E-state index in [1.165, 1.54) is 10.6 Å². The van der Waals surface area contributed by atoms with Crippen LogP contribution in [0.25, 0.3) is 33.7 Å². The fourth-order valence-corrected chi connectivity index (χ4v) is 5.33. The van der Waals surface area contributed by atoms with Crippen molar-refractivity contribution in [1.29, 1.82) is 0 Å². The summed E-state index contributed by atoms with van der Waals surface area (Å²) >= 11 is 0. The predicted molar refractivity (Wildman–Crippen MR) is 149 cm³/mol. The molecule has 5 rings (SSSR count). The predicted octanol–water partition coefficient (Wildman–Crippen LogP) is 3.46. The quantitative estimate of drug-likeness (QED) is 0.370. The molecule has 39 heavy (non-hydrogen) atoms. The van der Waals surface area contributed by atoms with Gasteiger partial charge in [-0.05, 0) is 39.0 Å². The van der Waals surface area contributed by atoms with Crippen LogP contribution in [0.5, 0.6) is 0 Å². The first-order valence-corrected chi connectivity index (χ1v) is 14.7. The van der Waals surface area contributed by atoms with Crippen LogP contribution in [0.4, 0.5) is 5.82 Å². The summed E-state index contributed by atoms with van der Waals surface area (Å²) in [6, 6.07) is 9.62. The van der Waals surface area contributed by atoms with Crippen molar-refractivity contribution in [3.8, 4) is 22.6 Å². The van der Waals surface area contributed by atoms with Crippen molar-refractivity contribution in [2.24, 2.45) is 0 Å². The van der Waals surface area contributed by atoms with Gasteiger partial charge in [-0.25, -0.2) is 18.4 Å². The summed E-state index contributed by atoms with van der Waals surface area (Å²) in [5.74, 6) is 1.13. The third-order valence-electron chi connectivity index (χ3n) is 6.49. The Morgan fingerprint density at radius 3 is 2.51 bits per heavy atom. The third kappa shape index (κ3) is 6.28. The molecular weight excluding hydrogens is 518 g/mol. The lowest BCUT2D eigenvalue weighted by molar-refractivity contribution is -0.132. The number of para-hydroxylation sites is 2. The van der Waals surface area contributed by atoms with E-state index in [0.29, 0.717) is 50.0 Å². The highest BCUT2D eigenvalue weighted by molar-refractivity contribution is 7.88. The Morgan fingerprint density at radius 1 is 1.08 bits per heavy atom. The van der Waals surface area contributed by atoms with Crippen LogP contribution in [-0.4, -0.2) is 81.3 Å². The van der Waals surface area contributed by atoms with E-state index in [0.717, 1.165) is 22.2 Å². The summed E-state index contributed by atoms with van der Waals surface area (Å²) < 4.78 is 32.6. The Kier molecular flexibility index (Phi) is 7.17. The Hall–Kier alpha value is -3.77. The van der Waals surface area contributed by atoms with Gasteiger partial charge in [-0.15, -0.1) is 0 Å². The monoisotopic (exact) mass is 551 g/mol. The lowest BCUT2D eigenvalue weighted by Gasteiger charge is -2.33. The number of nitrogens with zero attached hydrogens (tertiary/aromatic N) is 6. The number of amides is 1. The zero-order valence-electron chi connectivity index (χ0n) is 22.6. The molecule has 12 heteroatoms. The number of nitrogens with one attached hydrogen (secondary N) is 1. The first-order valence-electron chi connectivity index (χ1n) is 12.9. The van der Waals surface area contributed by atoms with Crippen molar-refractivity contribution in [1.82, 2.24) is 29.0 Å². The van der Waals surface area contributed by atoms with Crippen molar-refractivity contribution in [2.75, 3.05) is 37.8 Å². The van der Waals surface area contributed by atoms with Crippen LogP contribution in [0.15, 0.2) is 53.3 Å². The maximum atomic E-state index is 12.7. The second-order valence-corrected chi connectivity index (χ2v) is 12.7. The van der Waals surface area contributed by atoms with Crippen LogP contribution in [0, 0.1) is 0 Å². The van der Waals surface area contributed by atoms with Gasteiger partial charge in [-0.1, -0.05) is 12.1 Å². The van der Waals surface area contributed by atoms with Crippen molar-refractivity contribution in [3.63, 3.8) is 0 Å². The minimum Gasteiger partial charge on any atom is -0.436 e. The molecule has 4 aromatic rings. The number of aromatic nitrogens is 4. The van der Waals surface area contributed by atoms with E-state index in [1.807, 2.05) is 36.5 Å². The van der Waals surface area contributed by atoms with Crippen LogP contribution in [0.2, 0.25) is 0 Å². The number of carbonyl (C=O) groups is 1. The van der Waals surface area contributed by atoms with Crippen LogP contribution < -0.4 is 5.32 Å². The Labute approximate surface area is 227 Å². The Balaban J connectivity index is 1.31. The van der Waals surface area contributed by atoms with Gasteiger partial charge in [0, 0.05) is 68.2 Å². The summed E-state index contributed by atoms with van der Waals surface area (Å²) in [6.07, 6.45) is 6.90. The molecule has 1 amide bonds. The molecule has 11 nitrogen and oxygen atoms in total. The fourth-order valence-electron chi connectivity index (χ4n) is 4.50. The molecule has 0 radical (unpaired) electrons. The van der Waals surface area contributed by atoms with E-state index < -0.39 is 10.0 Å². The molecule has 0 unspecified atom stereocenters. The van der Waals surface area contributed by atoms with Gasteiger partial charge < -0.3 is 14.6 Å². The van der Waals surface area contributed by atoms with Crippen molar-refractivity contribution in [3.05, 3.63) is 48.9 Å². The van der Waals surface area contributed by atoms with Crippen LogP contribution in [-0.2, 0) is 21.4 Å². The molecule has 0 spiro atoms. The molecule has 1 fully saturated rings. The number of piperazine rings is 1. The molecule has 4 heterocycles. The second-order valence-electron chi connectivity index (χ2n) is 10.8. The number of rotatable bonds is 7. The van der Waals surface area contributed by atoms with E-state index >= 15 is 0 Å². The minimum atomic E-state index is -3.23. The SMILES string of the molecule is CC(C)(C)Nc1ncc(-c2cnn(CCC(=O)N3CCN(S(C)(=O)=O)CC3)c2)cc1-c1nc2ccccc2o1. The first kappa shape index (κ1) is 26.8. The van der Waals surface area contributed by atoms with Crippen molar-refractivity contribution >= 4 is 32.8 Å². The van der Waals surface area contributed by atoms with Gasteiger partial charge in [0.2, 0.25) is 21.8 Å². The zero-order chi connectivity index (χ0) is 27.8. The van der Waals surface area contributed by atoms with Crippen LogP contribution in [0.1, 0.15) is 27.2 Å². The maximum Gasteiger partial charge on any atom is 0.231 e. The molecule has 0 bridgehead atoms. The van der Waals surface area contributed by atoms with Crippen LogP contribution >= 0.6 is 0 Å². The topological polar surface area (TPSA) is 126 Å². The summed E-state index contributed by atoms with van der Waals surface area (Å²) in [5, 5.41) is 7.89. The van der Waals surface area contributed by atoms with Gasteiger partial charge >= 0.3 is 0 Å². The van der Waals surface area contributed by atoms with Crippen molar-refractivity contribution in [2.45, 2.75) is 39.3 Å². The third-order valence-corrected chi connectivity index (χ3v) is 7.79. The number of carbonyl (C=O) groups excluding carboxylic acids is 1. The molecule has 206 valence electrons. The minimum absolute atomic E-state index is 0.0160. The van der Waals surface area contributed by atoms with E-state index in [1.54, 1.807) is 22.0 Å². The molecule has 1 saturated heterocycles. The molecule has 1 aliphatic heterocycles. The maximum absolute atomic E-state index is 12.7. The summed E-state index contributed by atoms with van der Waals surface area (Å²) in [7, 11) is -3.23. The summed E-state index contributed by atoms with van der Waals surface area (Å²) in [4.78, 5) is 23.8. The van der Waals surface area contributed by atoms with Crippen molar-refractivity contribution < 1.29 is 17.6 Å². The first-order chi connectivity index (χ1) is 18.5. The number of anilines is 1. The van der Waals surface area contributed by atoms with Gasteiger partial charge in [0.05, 0.1) is 18.0 Å². The molecule has 0 aliphatic carbocycles. The number of oxazole rings is 1. The fraction of sp³-hybridized carbons (Fsp3) is 0.407. The smallest absolute Gasteiger partial charge is 0.231 e. The number of benzene rings is 1. The normalized spacial score (nSPS) is 15.1. The molecule has 1 N–H and O–H groups in total. The summed E-state index contributed by atoms with van der Waals surface area (Å²) in [6.45, 7) is 8.06. The highest BCUT2D eigenvalue weighted by Crippen LogP contribution is 2.33. The number of hydrogen-bond acceptors (Lipinski definition) is 8. The average Bonchev–Trinajstić information content (AvgIpc) is 3.53. The standard InChI is InChI=1S/C27H33N7O4S/c1-27(2,3)31-25-21(26-30-22-7-5-6-8-23(22)38-26)15-19(16-28-25)20-17-29-33(18-20)10-9-24(35)32-11-13-34(14-12-32)39(4,36)37/h5-8,15-18H,9-14H2,1-4H3,(H,28,31). The van der Waals surface area contributed by atoms with E-state index in [-0.39, 0.29) is 17.9 Å². The van der Waals surface area contributed by atoms with Gasteiger partial charge in [-0.2, -0.15) is 9.40 Å². The largest absolute Gasteiger partial charge is 0.436 e. The lowest BCUT2D eigenvalue weighted by Crippen LogP contribution is -2.50. The molecule has 0 saturated carbocycles. The molecular formula is C27H33N7O4S. The highest BCUT2D eigenvalue weighted by Gasteiger charge is 2.26. The van der Waals surface area contributed by atoms with E-state index in [2.05, 4.69) is 36.2 Å². The van der Waals surface area contributed by atoms with Gasteiger partial charge in [0.15, 0.2) is 5.58 Å². The molecule has 3 aromatic heterocycles. The molecule has 1 aliphatic rings. The number of hydrogen-bond donors (Lipinski definition) is 1. The van der Waals surface area contributed by atoms with E-state index in [4.69, 9.17) is 9.40 Å². The van der Waals surface area contributed by atoms with E-state index in [9.17, 15) is 13.2 Å².